The first-order chi connectivity index (χ1) is 13.1. The third-order valence-electron chi connectivity index (χ3n) is 7.01. The third-order valence-corrected chi connectivity index (χ3v) is 7.01. The number of piperidine rings is 2. The van der Waals surface area contributed by atoms with Crippen molar-refractivity contribution in [1.29, 1.82) is 0 Å². The van der Waals surface area contributed by atoms with Gasteiger partial charge in [-0.25, -0.2) is 0 Å². The molecule has 4 nitrogen and oxygen atoms in total. The van der Waals surface area contributed by atoms with Crippen molar-refractivity contribution < 1.29 is 9.90 Å². The van der Waals surface area contributed by atoms with E-state index in [-0.39, 0.29) is 17.4 Å². The molecule has 0 radical (unpaired) electrons. The molecule has 1 atom stereocenters. The molecule has 4 rings (SSSR count). The molecular formula is C23H34N2O2. The van der Waals surface area contributed by atoms with Crippen LogP contribution in [0, 0.1) is 11.3 Å². The zero-order chi connectivity index (χ0) is 18.7. The predicted molar refractivity (Wildman–Crippen MR) is 107 cm³/mol. The minimum atomic E-state index is -0.188. The first-order valence-corrected chi connectivity index (χ1v) is 10.9. The van der Waals surface area contributed by atoms with Crippen LogP contribution < -0.4 is 0 Å². The highest BCUT2D eigenvalue weighted by molar-refractivity contribution is 5.79. The molecule has 1 aromatic rings. The van der Waals surface area contributed by atoms with Crippen LogP contribution in [0.15, 0.2) is 30.3 Å². The lowest BCUT2D eigenvalue weighted by Gasteiger charge is -2.49. The zero-order valence-corrected chi connectivity index (χ0v) is 16.5. The number of benzene rings is 1. The SMILES string of the molecule is O=C(C1CCC(O)CC1)N1CCC[C@@]2(CCCN(Cc3ccccc3)C2)C1. The van der Waals surface area contributed by atoms with E-state index >= 15 is 0 Å². The number of carbonyl (C=O) groups excluding carboxylic acids is 1. The highest BCUT2D eigenvalue weighted by Crippen LogP contribution is 2.40. The summed E-state index contributed by atoms with van der Waals surface area (Å²) in [6.45, 7) is 5.19. The van der Waals surface area contributed by atoms with Gasteiger partial charge >= 0.3 is 0 Å². The topological polar surface area (TPSA) is 43.8 Å². The largest absolute Gasteiger partial charge is 0.393 e. The van der Waals surface area contributed by atoms with E-state index in [0.29, 0.717) is 5.91 Å². The van der Waals surface area contributed by atoms with Gasteiger partial charge in [0, 0.05) is 37.5 Å². The fraction of sp³-hybridized carbons (Fsp3) is 0.696. The van der Waals surface area contributed by atoms with Crippen LogP contribution in [0.5, 0.6) is 0 Å². The standard InChI is InChI=1S/C23H34N2O2/c26-21-10-8-20(9-11-21)22(27)25-15-5-13-23(18-25)12-4-14-24(17-23)16-19-6-2-1-3-7-19/h1-3,6-7,20-21,26H,4-5,8-18H2/t20?,21?,23-/m1/s1. The van der Waals surface area contributed by atoms with Gasteiger partial charge in [-0.3, -0.25) is 9.69 Å². The van der Waals surface area contributed by atoms with Gasteiger partial charge < -0.3 is 10.0 Å². The smallest absolute Gasteiger partial charge is 0.225 e. The van der Waals surface area contributed by atoms with Crippen molar-refractivity contribution in [2.24, 2.45) is 11.3 Å². The van der Waals surface area contributed by atoms with E-state index in [1.165, 1.54) is 31.4 Å². The number of likely N-dealkylation sites (tertiary alicyclic amines) is 2. The molecule has 1 aliphatic carbocycles. The van der Waals surface area contributed by atoms with Crippen molar-refractivity contribution in [2.75, 3.05) is 26.2 Å². The molecular weight excluding hydrogens is 336 g/mol. The van der Waals surface area contributed by atoms with Crippen molar-refractivity contribution >= 4 is 5.91 Å². The highest BCUT2D eigenvalue weighted by Gasteiger charge is 2.41. The highest BCUT2D eigenvalue weighted by atomic mass is 16.3. The van der Waals surface area contributed by atoms with Crippen LogP contribution in [0.25, 0.3) is 0 Å². The monoisotopic (exact) mass is 370 g/mol. The summed E-state index contributed by atoms with van der Waals surface area (Å²) in [5.41, 5.74) is 1.67. The Morgan fingerprint density at radius 1 is 1.00 bits per heavy atom. The predicted octanol–water partition coefficient (Wildman–Crippen LogP) is 3.44. The lowest BCUT2D eigenvalue weighted by atomic mass is 9.73. The molecule has 1 N–H and O–H groups in total. The molecule has 148 valence electrons. The number of aliphatic hydroxyl groups excluding tert-OH is 1. The van der Waals surface area contributed by atoms with E-state index in [0.717, 1.165) is 58.3 Å². The van der Waals surface area contributed by atoms with Crippen LogP contribution in [0.4, 0.5) is 0 Å². The molecule has 27 heavy (non-hydrogen) atoms. The second-order valence-electron chi connectivity index (χ2n) is 9.17. The number of carbonyl (C=O) groups is 1. The molecule has 2 aliphatic heterocycles. The van der Waals surface area contributed by atoms with Gasteiger partial charge in [-0.15, -0.1) is 0 Å². The van der Waals surface area contributed by atoms with Crippen molar-refractivity contribution in [3.05, 3.63) is 35.9 Å². The molecule has 3 fully saturated rings. The number of amides is 1. The Kier molecular flexibility index (Phi) is 5.84. The van der Waals surface area contributed by atoms with E-state index in [1.807, 2.05) is 0 Å². The van der Waals surface area contributed by atoms with Gasteiger partial charge in [0.1, 0.15) is 0 Å². The first-order valence-electron chi connectivity index (χ1n) is 10.9. The van der Waals surface area contributed by atoms with Crippen LogP contribution in [-0.4, -0.2) is 53.1 Å². The quantitative estimate of drug-likeness (QED) is 0.886. The van der Waals surface area contributed by atoms with Crippen molar-refractivity contribution in [3.8, 4) is 0 Å². The average molecular weight is 371 g/mol. The van der Waals surface area contributed by atoms with Crippen LogP contribution in [0.2, 0.25) is 0 Å². The Morgan fingerprint density at radius 2 is 1.70 bits per heavy atom. The maximum Gasteiger partial charge on any atom is 0.225 e. The summed E-state index contributed by atoms with van der Waals surface area (Å²) in [5, 5.41) is 9.74. The second-order valence-corrected chi connectivity index (χ2v) is 9.17. The van der Waals surface area contributed by atoms with Crippen LogP contribution in [0.3, 0.4) is 0 Å². The Hall–Kier alpha value is -1.39. The van der Waals surface area contributed by atoms with Crippen LogP contribution in [0.1, 0.15) is 56.9 Å². The first kappa shape index (κ1) is 18.9. The van der Waals surface area contributed by atoms with Crippen molar-refractivity contribution in [3.63, 3.8) is 0 Å². The fourth-order valence-electron chi connectivity index (χ4n) is 5.60. The number of rotatable bonds is 3. The molecule has 1 aromatic carbocycles. The molecule has 3 aliphatic rings. The van der Waals surface area contributed by atoms with E-state index in [2.05, 4.69) is 40.1 Å². The fourth-order valence-corrected chi connectivity index (χ4v) is 5.60. The Labute approximate surface area is 163 Å². The summed E-state index contributed by atoms with van der Waals surface area (Å²) >= 11 is 0. The van der Waals surface area contributed by atoms with Gasteiger partial charge in [0.15, 0.2) is 0 Å². The van der Waals surface area contributed by atoms with Crippen LogP contribution >= 0.6 is 0 Å². The lowest BCUT2D eigenvalue weighted by molar-refractivity contribution is -0.142. The van der Waals surface area contributed by atoms with E-state index in [4.69, 9.17) is 0 Å². The lowest BCUT2D eigenvalue weighted by Crippen LogP contribution is -2.54. The molecule has 1 spiro atoms. The summed E-state index contributed by atoms with van der Waals surface area (Å²) < 4.78 is 0. The molecule has 0 bridgehead atoms. The van der Waals surface area contributed by atoms with Gasteiger partial charge in [0.05, 0.1) is 6.10 Å². The molecule has 0 aromatic heterocycles. The molecule has 0 unspecified atom stereocenters. The van der Waals surface area contributed by atoms with E-state index in [1.54, 1.807) is 0 Å². The summed E-state index contributed by atoms with van der Waals surface area (Å²) in [7, 11) is 0. The minimum absolute atomic E-state index is 0.146. The Morgan fingerprint density at radius 3 is 2.44 bits per heavy atom. The number of hydrogen-bond donors (Lipinski definition) is 1. The number of nitrogens with zero attached hydrogens (tertiary/aromatic N) is 2. The molecule has 2 heterocycles. The molecule has 1 amide bonds. The summed E-state index contributed by atoms with van der Waals surface area (Å²) in [4.78, 5) is 17.9. The van der Waals surface area contributed by atoms with Gasteiger partial charge in [0.2, 0.25) is 5.91 Å². The summed E-state index contributed by atoms with van der Waals surface area (Å²) in [6.07, 6.45) is 8.02. The second kappa shape index (κ2) is 8.32. The van der Waals surface area contributed by atoms with Crippen molar-refractivity contribution in [2.45, 2.75) is 64.0 Å². The van der Waals surface area contributed by atoms with Crippen LogP contribution in [-0.2, 0) is 11.3 Å². The maximum atomic E-state index is 13.1. The van der Waals surface area contributed by atoms with Gasteiger partial charge in [-0.1, -0.05) is 30.3 Å². The summed E-state index contributed by atoms with van der Waals surface area (Å²) in [5.74, 6) is 0.508. The number of aliphatic hydroxyl groups is 1. The van der Waals surface area contributed by atoms with Gasteiger partial charge in [-0.05, 0) is 63.5 Å². The van der Waals surface area contributed by atoms with Gasteiger partial charge in [0.25, 0.3) is 0 Å². The normalized spacial score (nSPS) is 32.6. The Balaban J connectivity index is 1.38. The average Bonchev–Trinajstić information content (AvgIpc) is 2.69. The zero-order valence-electron chi connectivity index (χ0n) is 16.5. The minimum Gasteiger partial charge on any atom is -0.393 e. The van der Waals surface area contributed by atoms with Gasteiger partial charge in [-0.2, -0.15) is 0 Å². The number of hydrogen-bond acceptors (Lipinski definition) is 3. The molecule has 4 heteroatoms. The van der Waals surface area contributed by atoms with E-state index < -0.39 is 0 Å². The van der Waals surface area contributed by atoms with Crippen molar-refractivity contribution in [1.82, 2.24) is 9.80 Å². The third kappa shape index (κ3) is 4.55. The Bertz CT molecular complexity index is 623. The summed E-state index contributed by atoms with van der Waals surface area (Å²) in [6, 6.07) is 10.8. The maximum absolute atomic E-state index is 13.1. The van der Waals surface area contributed by atoms with E-state index in [9.17, 15) is 9.90 Å². The molecule has 2 saturated heterocycles. The molecule has 1 saturated carbocycles.